The van der Waals surface area contributed by atoms with Crippen molar-refractivity contribution in [2.75, 3.05) is 7.11 Å². The first-order valence-corrected chi connectivity index (χ1v) is 7.08. The van der Waals surface area contributed by atoms with Gasteiger partial charge in [-0.1, -0.05) is 13.0 Å². The molecule has 1 aliphatic carbocycles. The van der Waals surface area contributed by atoms with Gasteiger partial charge in [0.25, 0.3) is 0 Å². The third kappa shape index (κ3) is 2.34. The van der Waals surface area contributed by atoms with Gasteiger partial charge in [0.1, 0.15) is 11.6 Å². The van der Waals surface area contributed by atoms with Crippen molar-refractivity contribution >= 4 is 11.9 Å². The maximum atomic E-state index is 14.0. The summed E-state index contributed by atoms with van der Waals surface area (Å²) in [6.45, 7) is 1.71. The first-order valence-electron chi connectivity index (χ1n) is 7.08. The molecule has 5 heteroatoms. The topological polar surface area (TPSA) is 66.8 Å². The molecule has 0 aliphatic heterocycles. The Bertz CT molecular complexity index is 839. The Balaban J connectivity index is 2.09. The van der Waals surface area contributed by atoms with Gasteiger partial charge in [-0.3, -0.25) is 4.79 Å². The lowest BCUT2D eigenvalue weighted by Crippen LogP contribution is -1.97. The average molecular weight is 314 g/mol. The molecule has 0 amide bonds. The zero-order valence-electron chi connectivity index (χ0n) is 12.6. The van der Waals surface area contributed by atoms with Crippen LogP contribution in [0.5, 0.6) is 17.2 Å². The number of carbonyl (C=O) groups is 1. The fourth-order valence-corrected chi connectivity index (χ4v) is 2.91. The van der Waals surface area contributed by atoms with Crippen molar-refractivity contribution in [2.24, 2.45) is 0 Å². The van der Waals surface area contributed by atoms with Gasteiger partial charge in [0.2, 0.25) is 0 Å². The number of ether oxygens (including phenoxy) is 1. The van der Waals surface area contributed by atoms with Crippen LogP contribution in [0.25, 0.3) is 6.08 Å². The van der Waals surface area contributed by atoms with Crippen LogP contribution in [0.15, 0.2) is 35.9 Å². The lowest BCUT2D eigenvalue weighted by Gasteiger charge is -2.08. The molecule has 0 radical (unpaired) electrons. The number of carbonyl (C=O) groups excluding carboxylic acids is 1. The molecule has 0 heterocycles. The lowest BCUT2D eigenvalue weighted by atomic mass is 9.97. The van der Waals surface area contributed by atoms with E-state index in [-0.39, 0.29) is 22.6 Å². The number of fused-ring (bicyclic) bond motifs is 1. The number of benzene rings is 2. The molecule has 3 rings (SSSR count). The maximum Gasteiger partial charge on any atom is 0.193 e. The zero-order chi connectivity index (χ0) is 16.7. The highest BCUT2D eigenvalue weighted by Gasteiger charge is 2.36. The number of hydrogen-bond donors (Lipinski definition) is 2. The predicted octanol–water partition coefficient (Wildman–Crippen LogP) is 3.63. The molecule has 2 aromatic rings. The number of phenols is 2. The second-order valence-electron chi connectivity index (χ2n) is 5.44. The van der Waals surface area contributed by atoms with E-state index < -0.39 is 17.5 Å². The maximum absolute atomic E-state index is 14.0. The molecule has 118 valence electrons. The van der Waals surface area contributed by atoms with E-state index in [2.05, 4.69) is 0 Å². The van der Waals surface area contributed by atoms with Crippen LogP contribution in [0.2, 0.25) is 0 Å². The van der Waals surface area contributed by atoms with Crippen LogP contribution < -0.4 is 4.74 Å². The Morgan fingerprint density at radius 2 is 1.91 bits per heavy atom. The van der Waals surface area contributed by atoms with E-state index >= 15 is 0 Å². The van der Waals surface area contributed by atoms with Gasteiger partial charge in [-0.25, -0.2) is 4.39 Å². The van der Waals surface area contributed by atoms with Gasteiger partial charge in [0.15, 0.2) is 17.3 Å². The fourth-order valence-electron chi connectivity index (χ4n) is 2.91. The third-order valence-electron chi connectivity index (χ3n) is 4.08. The molecule has 1 unspecified atom stereocenters. The molecule has 0 saturated heterocycles. The van der Waals surface area contributed by atoms with Gasteiger partial charge >= 0.3 is 0 Å². The molecular weight excluding hydrogens is 299 g/mol. The lowest BCUT2D eigenvalue weighted by molar-refractivity contribution is 0.103. The van der Waals surface area contributed by atoms with Crippen LogP contribution in [0.1, 0.15) is 34.3 Å². The Morgan fingerprint density at radius 1 is 1.17 bits per heavy atom. The highest BCUT2D eigenvalue weighted by atomic mass is 19.1. The molecule has 2 aromatic carbocycles. The molecule has 0 saturated carbocycles. The van der Waals surface area contributed by atoms with E-state index in [1.54, 1.807) is 25.1 Å². The minimum Gasteiger partial charge on any atom is -0.507 e. The average Bonchev–Trinajstić information content (AvgIpc) is 2.77. The van der Waals surface area contributed by atoms with Crippen LogP contribution in [-0.2, 0) is 0 Å². The number of halogens is 1. The van der Waals surface area contributed by atoms with Crippen LogP contribution >= 0.6 is 0 Å². The molecule has 2 N–H and O–H groups in total. The van der Waals surface area contributed by atoms with Gasteiger partial charge in [-0.2, -0.15) is 0 Å². The largest absolute Gasteiger partial charge is 0.507 e. The summed E-state index contributed by atoms with van der Waals surface area (Å²) in [5.74, 6) is -1.34. The van der Waals surface area contributed by atoms with Crippen molar-refractivity contribution in [1.29, 1.82) is 0 Å². The van der Waals surface area contributed by atoms with Gasteiger partial charge in [0.05, 0.1) is 12.7 Å². The first kappa shape index (κ1) is 15.1. The minimum atomic E-state index is -0.514. The van der Waals surface area contributed by atoms with Crippen molar-refractivity contribution < 1.29 is 24.1 Å². The number of aromatic hydroxyl groups is 2. The van der Waals surface area contributed by atoms with Crippen molar-refractivity contribution in [3.05, 3.63) is 58.4 Å². The summed E-state index contributed by atoms with van der Waals surface area (Å²) in [4.78, 5) is 12.5. The minimum absolute atomic E-state index is 0.0153. The number of methoxy groups -OCH3 is 1. The Labute approximate surface area is 132 Å². The summed E-state index contributed by atoms with van der Waals surface area (Å²) in [7, 11) is 1.44. The van der Waals surface area contributed by atoms with E-state index in [4.69, 9.17) is 4.74 Å². The third-order valence-corrected chi connectivity index (χ3v) is 4.08. The molecule has 4 nitrogen and oxygen atoms in total. The van der Waals surface area contributed by atoms with Gasteiger partial charge < -0.3 is 14.9 Å². The second kappa shape index (κ2) is 5.43. The Hall–Kier alpha value is -2.82. The van der Waals surface area contributed by atoms with E-state index in [0.29, 0.717) is 16.9 Å². The van der Waals surface area contributed by atoms with Gasteiger partial charge in [0, 0.05) is 17.1 Å². The summed E-state index contributed by atoms with van der Waals surface area (Å²) >= 11 is 0. The Morgan fingerprint density at radius 3 is 2.52 bits per heavy atom. The number of allylic oxidation sites excluding steroid dienone is 1. The summed E-state index contributed by atoms with van der Waals surface area (Å²) in [5, 5.41) is 19.7. The van der Waals surface area contributed by atoms with Crippen molar-refractivity contribution in [2.45, 2.75) is 12.8 Å². The van der Waals surface area contributed by atoms with Crippen molar-refractivity contribution in [3.8, 4) is 17.2 Å². The van der Waals surface area contributed by atoms with Crippen LogP contribution in [-0.4, -0.2) is 23.1 Å². The number of ketones is 1. The smallest absolute Gasteiger partial charge is 0.193 e. The molecule has 1 atom stereocenters. The summed E-state index contributed by atoms with van der Waals surface area (Å²) in [6.07, 6.45) is 1.59. The SMILES string of the molecule is COc1ccc(/C=C2/C(=O)c3c(O)ccc(F)c3C2C)cc1O. The first-order chi connectivity index (χ1) is 10.9. The fraction of sp³-hybridized carbons (Fsp3) is 0.167. The van der Waals surface area contributed by atoms with Gasteiger partial charge in [-0.05, 0) is 35.9 Å². The van der Waals surface area contributed by atoms with Crippen LogP contribution in [0.3, 0.4) is 0 Å². The quantitative estimate of drug-likeness (QED) is 0.831. The van der Waals surface area contributed by atoms with E-state index in [1.807, 2.05) is 0 Å². The molecule has 0 spiro atoms. The van der Waals surface area contributed by atoms with Gasteiger partial charge in [-0.15, -0.1) is 0 Å². The van der Waals surface area contributed by atoms with Crippen molar-refractivity contribution in [1.82, 2.24) is 0 Å². The van der Waals surface area contributed by atoms with Crippen molar-refractivity contribution in [3.63, 3.8) is 0 Å². The summed E-state index contributed by atoms with van der Waals surface area (Å²) in [6, 6.07) is 7.06. The molecule has 23 heavy (non-hydrogen) atoms. The van der Waals surface area contributed by atoms with Crippen LogP contribution in [0.4, 0.5) is 4.39 Å². The zero-order valence-corrected chi connectivity index (χ0v) is 12.6. The molecule has 0 fully saturated rings. The molecule has 1 aliphatic rings. The van der Waals surface area contributed by atoms with E-state index in [9.17, 15) is 19.4 Å². The number of phenolic OH excluding ortho intramolecular Hbond substituents is 2. The van der Waals surface area contributed by atoms with E-state index in [1.165, 1.54) is 19.2 Å². The molecule has 0 bridgehead atoms. The number of hydrogen-bond acceptors (Lipinski definition) is 4. The monoisotopic (exact) mass is 314 g/mol. The number of rotatable bonds is 2. The summed E-state index contributed by atoms with van der Waals surface area (Å²) in [5.41, 5.74) is 1.18. The predicted molar refractivity (Wildman–Crippen MR) is 83.4 cm³/mol. The number of Topliss-reactive ketones (excluding diaryl/α,β-unsaturated/α-hetero) is 1. The standard InChI is InChI=1S/C18H15FO4/c1-9-11(7-10-3-6-15(23-2)14(21)8-10)18(22)17-13(20)5-4-12(19)16(9)17/h3-9,20-21H,1-2H3/b11-7+. The molecular formula is C18H15FO4. The normalized spacial score (nSPS) is 18.3. The Kier molecular flexibility index (Phi) is 3.56. The highest BCUT2D eigenvalue weighted by Crippen LogP contribution is 2.43. The summed E-state index contributed by atoms with van der Waals surface area (Å²) < 4.78 is 19.0. The molecule has 0 aromatic heterocycles. The second-order valence-corrected chi connectivity index (χ2v) is 5.44. The van der Waals surface area contributed by atoms with E-state index in [0.717, 1.165) is 6.07 Å². The van der Waals surface area contributed by atoms with Crippen LogP contribution in [0, 0.1) is 5.82 Å². The highest BCUT2D eigenvalue weighted by molar-refractivity contribution is 6.18.